The molecule has 6 nitrogen and oxygen atoms in total. The van der Waals surface area contributed by atoms with Gasteiger partial charge in [-0.1, -0.05) is 0 Å². The number of carbonyl (C=O) groups is 1. The molecular formula is C16H14F2N4O2. The molecule has 0 spiro atoms. The lowest BCUT2D eigenvalue weighted by Gasteiger charge is -2.05. The molecule has 1 N–H and O–H groups in total. The first kappa shape index (κ1) is 16.0. The normalized spacial score (nSPS) is 11.0. The Kier molecular flexibility index (Phi) is 4.48. The number of halogens is 2. The summed E-state index contributed by atoms with van der Waals surface area (Å²) in [7, 11) is 1.55. The highest BCUT2D eigenvalue weighted by Gasteiger charge is 2.13. The molecule has 3 aromatic rings. The first-order valence-electron chi connectivity index (χ1n) is 7.17. The number of ether oxygens (including phenoxy) is 1. The van der Waals surface area contributed by atoms with E-state index >= 15 is 0 Å². The van der Waals surface area contributed by atoms with Gasteiger partial charge in [0.1, 0.15) is 11.6 Å². The summed E-state index contributed by atoms with van der Waals surface area (Å²) in [4.78, 5) is 12.0. The minimum absolute atomic E-state index is 0.261. The van der Waals surface area contributed by atoms with Crippen molar-refractivity contribution >= 4 is 11.6 Å². The third-order valence-corrected chi connectivity index (χ3v) is 3.38. The predicted molar refractivity (Wildman–Crippen MR) is 82.5 cm³/mol. The molecule has 0 aliphatic carbocycles. The molecule has 0 aliphatic rings. The van der Waals surface area contributed by atoms with Gasteiger partial charge in [-0.15, -0.1) is 10.2 Å². The SMILES string of the molecule is COCCNC(=O)c1ccn2c(-c3cc(F)cc(F)c3)nnc2c1. The smallest absolute Gasteiger partial charge is 0.251 e. The summed E-state index contributed by atoms with van der Waals surface area (Å²) >= 11 is 0. The molecule has 1 amide bonds. The van der Waals surface area contributed by atoms with Gasteiger partial charge in [0.05, 0.1) is 6.61 Å². The van der Waals surface area contributed by atoms with Crippen LogP contribution in [0.25, 0.3) is 17.0 Å². The number of hydrogen-bond acceptors (Lipinski definition) is 4. The lowest BCUT2D eigenvalue weighted by atomic mass is 10.2. The molecule has 2 heterocycles. The fourth-order valence-corrected chi connectivity index (χ4v) is 2.28. The zero-order valence-corrected chi connectivity index (χ0v) is 12.8. The molecule has 3 rings (SSSR count). The zero-order chi connectivity index (χ0) is 17.1. The first-order chi connectivity index (χ1) is 11.6. The molecule has 24 heavy (non-hydrogen) atoms. The fraction of sp³-hybridized carbons (Fsp3) is 0.188. The Labute approximate surface area is 136 Å². The van der Waals surface area contributed by atoms with Crippen LogP contribution in [0.5, 0.6) is 0 Å². The number of methoxy groups -OCH3 is 1. The standard InChI is InChI=1S/C16H14F2N4O2/c1-24-5-3-19-16(23)10-2-4-22-14(8-10)20-21-15(22)11-6-12(17)9-13(18)7-11/h2,4,6-9H,3,5H2,1H3,(H,19,23). The molecule has 124 valence electrons. The zero-order valence-electron chi connectivity index (χ0n) is 12.8. The van der Waals surface area contributed by atoms with Gasteiger partial charge in [0.15, 0.2) is 11.5 Å². The van der Waals surface area contributed by atoms with Gasteiger partial charge in [0.25, 0.3) is 5.91 Å². The summed E-state index contributed by atoms with van der Waals surface area (Å²) in [6, 6.07) is 6.26. The van der Waals surface area contributed by atoms with E-state index in [9.17, 15) is 13.6 Å². The van der Waals surface area contributed by atoms with Crippen LogP contribution >= 0.6 is 0 Å². The Morgan fingerprint density at radius 2 is 1.96 bits per heavy atom. The summed E-state index contributed by atoms with van der Waals surface area (Å²) in [5.74, 6) is -1.38. The third kappa shape index (κ3) is 3.23. The average Bonchev–Trinajstić information content (AvgIpc) is 2.97. The number of nitrogens with one attached hydrogen (secondary N) is 1. The van der Waals surface area contributed by atoms with E-state index in [1.165, 1.54) is 12.1 Å². The van der Waals surface area contributed by atoms with E-state index in [1.807, 2.05) is 0 Å². The Morgan fingerprint density at radius 1 is 1.21 bits per heavy atom. The van der Waals surface area contributed by atoms with Crippen molar-refractivity contribution in [2.45, 2.75) is 0 Å². The minimum atomic E-state index is -0.698. The summed E-state index contributed by atoms with van der Waals surface area (Å²) in [5, 5.41) is 10.6. The quantitative estimate of drug-likeness (QED) is 0.726. The van der Waals surface area contributed by atoms with Crippen LogP contribution in [0.3, 0.4) is 0 Å². The van der Waals surface area contributed by atoms with Gasteiger partial charge in [-0.05, 0) is 24.3 Å². The van der Waals surface area contributed by atoms with Gasteiger partial charge >= 0.3 is 0 Å². The van der Waals surface area contributed by atoms with Gasteiger partial charge in [0.2, 0.25) is 0 Å². The second-order valence-corrected chi connectivity index (χ2v) is 5.07. The predicted octanol–water partition coefficient (Wildman–Crippen LogP) is 2.05. The highest BCUT2D eigenvalue weighted by molar-refractivity contribution is 5.95. The van der Waals surface area contributed by atoms with Crippen LogP contribution in [0.4, 0.5) is 8.78 Å². The second-order valence-electron chi connectivity index (χ2n) is 5.07. The molecule has 0 saturated carbocycles. The van der Waals surface area contributed by atoms with Crippen LogP contribution in [0.15, 0.2) is 36.5 Å². The number of carbonyl (C=O) groups excluding carboxylic acids is 1. The molecule has 0 saturated heterocycles. The number of pyridine rings is 1. The van der Waals surface area contributed by atoms with E-state index in [-0.39, 0.29) is 17.3 Å². The monoisotopic (exact) mass is 332 g/mol. The number of hydrogen-bond donors (Lipinski definition) is 1. The van der Waals surface area contributed by atoms with E-state index in [1.54, 1.807) is 29.8 Å². The van der Waals surface area contributed by atoms with Gasteiger partial charge in [0, 0.05) is 37.0 Å². The molecule has 0 radical (unpaired) electrons. The second kappa shape index (κ2) is 6.71. The van der Waals surface area contributed by atoms with Crippen molar-refractivity contribution in [1.29, 1.82) is 0 Å². The van der Waals surface area contributed by atoms with Crippen molar-refractivity contribution in [2.75, 3.05) is 20.3 Å². The molecule has 0 unspecified atom stereocenters. The molecular weight excluding hydrogens is 318 g/mol. The minimum Gasteiger partial charge on any atom is -0.383 e. The van der Waals surface area contributed by atoms with Gasteiger partial charge in [-0.25, -0.2) is 8.78 Å². The summed E-state index contributed by atoms with van der Waals surface area (Å²) in [5.41, 5.74) is 1.06. The molecule has 0 atom stereocenters. The highest BCUT2D eigenvalue weighted by atomic mass is 19.1. The third-order valence-electron chi connectivity index (χ3n) is 3.38. The van der Waals surface area contributed by atoms with E-state index in [0.717, 1.165) is 6.07 Å². The summed E-state index contributed by atoms with van der Waals surface area (Å²) in [6.07, 6.45) is 1.58. The van der Waals surface area contributed by atoms with Crippen LogP contribution in [-0.2, 0) is 4.74 Å². The Balaban J connectivity index is 1.92. The Morgan fingerprint density at radius 3 is 2.67 bits per heavy atom. The number of amides is 1. The average molecular weight is 332 g/mol. The highest BCUT2D eigenvalue weighted by Crippen LogP contribution is 2.21. The molecule has 2 aromatic heterocycles. The van der Waals surface area contributed by atoms with Crippen molar-refractivity contribution in [3.63, 3.8) is 0 Å². The molecule has 0 fully saturated rings. The topological polar surface area (TPSA) is 68.5 Å². The van der Waals surface area contributed by atoms with E-state index < -0.39 is 11.6 Å². The largest absolute Gasteiger partial charge is 0.383 e. The lowest BCUT2D eigenvalue weighted by molar-refractivity contribution is 0.0937. The molecule has 1 aromatic carbocycles. The van der Waals surface area contributed by atoms with E-state index in [0.29, 0.717) is 24.4 Å². The maximum atomic E-state index is 13.4. The number of rotatable bonds is 5. The summed E-state index contributed by atoms with van der Waals surface area (Å²) < 4.78 is 33.2. The van der Waals surface area contributed by atoms with Crippen molar-refractivity contribution in [3.05, 3.63) is 53.7 Å². The van der Waals surface area contributed by atoms with Crippen molar-refractivity contribution in [2.24, 2.45) is 0 Å². The van der Waals surface area contributed by atoms with Crippen LogP contribution in [-0.4, -0.2) is 40.8 Å². The lowest BCUT2D eigenvalue weighted by Crippen LogP contribution is -2.26. The van der Waals surface area contributed by atoms with Crippen molar-refractivity contribution in [1.82, 2.24) is 19.9 Å². The fourth-order valence-electron chi connectivity index (χ4n) is 2.28. The number of aromatic nitrogens is 3. The molecule has 0 bridgehead atoms. The maximum absolute atomic E-state index is 13.4. The number of benzene rings is 1. The summed E-state index contributed by atoms with van der Waals surface area (Å²) in [6.45, 7) is 0.801. The van der Waals surface area contributed by atoms with E-state index in [2.05, 4.69) is 15.5 Å². The molecule has 0 aliphatic heterocycles. The Hall–Kier alpha value is -2.87. The van der Waals surface area contributed by atoms with Gasteiger partial charge < -0.3 is 10.1 Å². The van der Waals surface area contributed by atoms with E-state index in [4.69, 9.17) is 4.74 Å². The van der Waals surface area contributed by atoms with Crippen LogP contribution in [0.2, 0.25) is 0 Å². The number of nitrogens with zero attached hydrogens (tertiary/aromatic N) is 3. The van der Waals surface area contributed by atoms with Crippen molar-refractivity contribution in [3.8, 4) is 11.4 Å². The van der Waals surface area contributed by atoms with Gasteiger partial charge in [-0.2, -0.15) is 0 Å². The molecule has 8 heteroatoms. The first-order valence-corrected chi connectivity index (χ1v) is 7.17. The van der Waals surface area contributed by atoms with Crippen LogP contribution in [0, 0.1) is 11.6 Å². The van der Waals surface area contributed by atoms with Gasteiger partial charge in [-0.3, -0.25) is 9.20 Å². The van der Waals surface area contributed by atoms with Crippen LogP contribution < -0.4 is 5.32 Å². The number of fused-ring (bicyclic) bond motifs is 1. The van der Waals surface area contributed by atoms with Crippen molar-refractivity contribution < 1.29 is 18.3 Å². The maximum Gasteiger partial charge on any atom is 0.251 e. The Bertz CT molecular complexity index is 875. The van der Waals surface area contributed by atoms with Crippen LogP contribution in [0.1, 0.15) is 10.4 Å².